The van der Waals surface area contributed by atoms with Gasteiger partial charge in [-0.3, -0.25) is 4.79 Å². The lowest BCUT2D eigenvalue weighted by Gasteiger charge is -2.31. The minimum Gasteiger partial charge on any atom is -0.382 e. The van der Waals surface area contributed by atoms with Crippen molar-refractivity contribution in [1.29, 1.82) is 0 Å². The molecule has 1 saturated carbocycles. The summed E-state index contributed by atoms with van der Waals surface area (Å²) in [6, 6.07) is -0.0374. The maximum absolute atomic E-state index is 12.5. The van der Waals surface area contributed by atoms with Crippen molar-refractivity contribution < 1.29 is 18.8 Å². The standard InChI is InChI=1S/C15H23N3O4/c1-20-8-9-21-10-13-16-14(17-22-13)12-6-3-7-18(12)15(19)11-4-2-5-11/h11-12H,2-10H2,1H3. The number of carbonyl (C=O) groups is 1. The van der Waals surface area contributed by atoms with E-state index in [1.54, 1.807) is 7.11 Å². The second-order valence-electron chi connectivity index (χ2n) is 5.91. The summed E-state index contributed by atoms with van der Waals surface area (Å²) >= 11 is 0. The molecule has 22 heavy (non-hydrogen) atoms. The fraction of sp³-hybridized carbons (Fsp3) is 0.800. The topological polar surface area (TPSA) is 77.7 Å². The Morgan fingerprint density at radius 1 is 1.32 bits per heavy atom. The third-order valence-corrected chi connectivity index (χ3v) is 4.43. The molecule has 2 aliphatic rings. The molecule has 0 N–H and O–H groups in total. The zero-order valence-electron chi connectivity index (χ0n) is 13.0. The van der Waals surface area contributed by atoms with Crippen LogP contribution in [0.4, 0.5) is 0 Å². The molecule has 0 radical (unpaired) electrons. The highest BCUT2D eigenvalue weighted by atomic mass is 16.5. The van der Waals surface area contributed by atoms with E-state index in [-0.39, 0.29) is 24.5 Å². The number of likely N-dealkylation sites (tertiary alicyclic amines) is 1. The normalized spacial score (nSPS) is 22.0. The van der Waals surface area contributed by atoms with Crippen molar-refractivity contribution in [3.05, 3.63) is 11.7 Å². The van der Waals surface area contributed by atoms with Gasteiger partial charge in [-0.05, 0) is 25.7 Å². The van der Waals surface area contributed by atoms with Crippen molar-refractivity contribution >= 4 is 5.91 Å². The first kappa shape index (κ1) is 15.4. The third-order valence-electron chi connectivity index (χ3n) is 4.43. The van der Waals surface area contributed by atoms with Gasteiger partial charge in [-0.25, -0.2) is 0 Å². The van der Waals surface area contributed by atoms with Gasteiger partial charge in [-0.2, -0.15) is 4.98 Å². The van der Waals surface area contributed by atoms with E-state index in [1.165, 1.54) is 6.42 Å². The van der Waals surface area contributed by atoms with Gasteiger partial charge in [0.25, 0.3) is 5.89 Å². The first-order chi connectivity index (χ1) is 10.8. The van der Waals surface area contributed by atoms with E-state index < -0.39 is 0 Å². The van der Waals surface area contributed by atoms with Crippen molar-refractivity contribution in [3.63, 3.8) is 0 Å². The fourth-order valence-corrected chi connectivity index (χ4v) is 2.95. The van der Waals surface area contributed by atoms with Gasteiger partial charge in [0.1, 0.15) is 6.61 Å². The predicted octanol–water partition coefficient (Wildman–Crippen LogP) is 1.70. The minimum atomic E-state index is -0.0374. The SMILES string of the molecule is COCCOCc1nc(C2CCCN2C(=O)C2CCC2)no1. The molecule has 1 aromatic rings. The Bertz CT molecular complexity index is 501. The smallest absolute Gasteiger partial charge is 0.252 e. The van der Waals surface area contributed by atoms with Gasteiger partial charge in [-0.15, -0.1) is 0 Å². The zero-order chi connectivity index (χ0) is 15.4. The van der Waals surface area contributed by atoms with E-state index in [2.05, 4.69) is 10.1 Å². The predicted molar refractivity (Wildman–Crippen MR) is 76.9 cm³/mol. The Labute approximate surface area is 129 Å². The molecule has 2 fully saturated rings. The van der Waals surface area contributed by atoms with Gasteiger partial charge < -0.3 is 18.9 Å². The highest BCUT2D eigenvalue weighted by molar-refractivity contribution is 5.80. The summed E-state index contributed by atoms with van der Waals surface area (Å²) in [5.74, 6) is 1.53. The number of nitrogens with zero attached hydrogens (tertiary/aromatic N) is 3. The number of rotatable bonds is 7. The van der Waals surface area contributed by atoms with Crippen molar-refractivity contribution in [3.8, 4) is 0 Å². The Morgan fingerprint density at radius 3 is 2.91 bits per heavy atom. The van der Waals surface area contributed by atoms with Gasteiger partial charge in [0.15, 0.2) is 5.82 Å². The molecule has 2 heterocycles. The van der Waals surface area contributed by atoms with E-state index in [0.29, 0.717) is 24.9 Å². The molecule has 0 aromatic carbocycles. The number of ether oxygens (including phenoxy) is 2. The summed E-state index contributed by atoms with van der Waals surface area (Å²) in [4.78, 5) is 18.8. The Kier molecular flexibility index (Phi) is 5.04. The lowest BCUT2D eigenvalue weighted by atomic mass is 9.84. The van der Waals surface area contributed by atoms with Crippen LogP contribution < -0.4 is 0 Å². The number of carbonyl (C=O) groups excluding carboxylic acids is 1. The molecule has 0 bridgehead atoms. The van der Waals surface area contributed by atoms with Crippen molar-refractivity contribution in [2.75, 3.05) is 26.9 Å². The van der Waals surface area contributed by atoms with Crippen molar-refractivity contribution in [1.82, 2.24) is 15.0 Å². The molecular weight excluding hydrogens is 286 g/mol. The minimum absolute atomic E-state index is 0.0374. The maximum Gasteiger partial charge on any atom is 0.252 e. The van der Waals surface area contributed by atoms with Crippen LogP contribution in [-0.2, 0) is 20.9 Å². The van der Waals surface area contributed by atoms with Crippen LogP contribution >= 0.6 is 0 Å². The van der Waals surface area contributed by atoms with Gasteiger partial charge in [0, 0.05) is 19.6 Å². The summed E-state index contributed by atoms with van der Waals surface area (Å²) in [5, 5.41) is 4.04. The van der Waals surface area contributed by atoms with Crippen molar-refractivity contribution in [2.24, 2.45) is 5.92 Å². The molecule has 3 rings (SSSR count). The Balaban J connectivity index is 1.58. The Morgan fingerprint density at radius 2 is 2.18 bits per heavy atom. The molecule has 7 nitrogen and oxygen atoms in total. The van der Waals surface area contributed by atoms with Crippen LogP contribution in [0.15, 0.2) is 4.52 Å². The van der Waals surface area contributed by atoms with E-state index in [9.17, 15) is 4.79 Å². The quantitative estimate of drug-likeness (QED) is 0.713. The lowest BCUT2D eigenvalue weighted by molar-refractivity contribution is -0.139. The van der Waals surface area contributed by atoms with Crippen LogP contribution in [0, 0.1) is 5.92 Å². The fourth-order valence-electron chi connectivity index (χ4n) is 2.95. The first-order valence-corrected chi connectivity index (χ1v) is 7.99. The molecule has 1 atom stereocenters. The largest absolute Gasteiger partial charge is 0.382 e. The maximum atomic E-state index is 12.5. The molecule has 7 heteroatoms. The molecule has 1 saturated heterocycles. The number of methoxy groups -OCH3 is 1. The third kappa shape index (κ3) is 3.30. The number of hydrogen-bond donors (Lipinski definition) is 0. The first-order valence-electron chi connectivity index (χ1n) is 7.99. The highest BCUT2D eigenvalue weighted by Crippen LogP contribution is 2.36. The van der Waals surface area contributed by atoms with Gasteiger partial charge in [0.05, 0.1) is 19.3 Å². The van der Waals surface area contributed by atoms with Crippen LogP contribution in [0.3, 0.4) is 0 Å². The summed E-state index contributed by atoms with van der Waals surface area (Å²) < 4.78 is 15.5. The molecule has 1 unspecified atom stereocenters. The van der Waals surface area contributed by atoms with E-state index in [1.807, 2.05) is 4.90 Å². The molecule has 1 amide bonds. The summed E-state index contributed by atoms with van der Waals surface area (Å²) in [7, 11) is 1.63. The van der Waals surface area contributed by atoms with Gasteiger partial charge >= 0.3 is 0 Å². The molecule has 0 spiro atoms. The zero-order valence-corrected chi connectivity index (χ0v) is 13.0. The Hall–Kier alpha value is -1.47. The van der Waals surface area contributed by atoms with Crippen LogP contribution in [0.25, 0.3) is 0 Å². The molecule has 1 aliphatic heterocycles. The second-order valence-corrected chi connectivity index (χ2v) is 5.91. The van der Waals surface area contributed by atoms with Crippen LogP contribution in [0.5, 0.6) is 0 Å². The van der Waals surface area contributed by atoms with E-state index in [0.717, 1.165) is 32.2 Å². The van der Waals surface area contributed by atoms with Crippen LogP contribution in [0.1, 0.15) is 49.9 Å². The average Bonchev–Trinajstić information content (AvgIpc) is 3.10. The van der Waals surface area contributed by atoms with E-state index in [4.69, 9.17) is 14.0 Å². The molecule has 122 valence electrons. The number of amides is 1. The molecule has 1 aromatic heterocycles. The molecule has 1 aliphatic carbocycles. The van der Waals surface area contributed by atoms with Crippen LogP contribution in [-0.4, -0.2) is 47.8 Å². The van der Waals surface area contributed by atoms with E-state index >= 15 is 0 Å². The average molecular weight is 309 g/mol. The summed E-state index contributed by atoms with van der Waals surface area (Å²) in [6.45, 7) is 2.10. The molecular formula is C15H23N3O4. The van der Waals surface area contributed by atoms with Gasteiger partial charge in [0.2, 0.25) is 5.91 Å². The van der Waals surface area contributed by atoms with Crippen molar-refractivity contribution in [2.45, 2.75) is 44.8 Å². The monoisotopic (exact) mass is 309 g/mol. The lowest BCUT2D eigenvalue weighted by Crippen LogP contribution is -2.38. The highest BCUT2D eigenvalue weighted by Gasteiger charge is 2.38. The summed E-state index contributed by atoms with van der Waals surface area (Å²) in [6.07, 6.45) is 5.11. The number of hydrogen-bond acceptors (Lipinski definition) is 6. The summed E-state index contributed by atoms with van der Waals surface area (Å²) in [5.41, 5.74) is 0. The number of aromatic nitrogens is 2. The van der Waals surface area contributed by atoms with Crippen LogP contribution in [0.2, 0.25) is 0 Å². The second kappa shape index (κ2) is 7.19. The van der Waals surface area contributed by atoms with Gasteiger partial charge in [-0.1, -0.05) is 11.6 Å².